The van der Waals surface area contributed by atoms with Gasteiger partial charge in [0.05, 0.1) is 5.56 Å². The van der Waals surface area contributed by atoms with Crippen LogP contribution in [-0.4, -0.2) is 10.9 Å². The molecule has 0 fully saturated rings. The van der Waals surface area contributed by atoms with E-state index in [1.165, 1.54) is 0 Å². The van der Waals surface area contributed by atoms with Crippen molar-refractivity contribution in [3.63, 3.8) is 0 Å². The molecule has 0 aliphatic rings. The number of fused-ring (bicyclic) bond motifs is 1. The third-order valence-electron chi connectivity index (χ3n) is 3.31. The first kappa shape index (κ1) is 12.2. The monoisotopic (exact) mass is 263 g/mol. The molecule has 0 spiro atoms. The maximum Gasteiger partial charge on any atom is 0.251 e. The molecule has 1 heterocycles. The molecule has 98 valence electrons. The van der Waals surface area contributed by atoms with Crippen LogP contribution < -0.4 is 11.5 Å². The van der Waals surface area contributed by atoms with Crippen LogP contribution in [0.1, 0.15) is 10.4 Å². The molecule has 0 unspecified atom stereocenters. The van der Waals surface area contributed by atoms with Crippen molar-refractivity contribution in [2.75, 3.05) is 5.73 Å². The molecule has 0 atom stereocenters. The molecule has 0 aliphatic heterocycles. The highest BCUT2D eigenvalue weighted by atomic mass is 16.1. The lowest BCUT2D eigenvalue weighted by Crippen LogP contribution is -2.15. The van der Waals surface area contributed by atoms with E-state index in [9.17, 15) is 4.79 Å². The van der Waals surface area contributed by atoms with Crippen molar-refractivity contribution in [2.45, 2.75) is 0 Å². The van der Waals surface area contributed by atoms with E-state index < -0.39 is 5.91 Å². The minimum absolute atomic E-state index is 0.358. The lowest BCUT2D eigenvalue weighted by molar-refractivity contribution is 0.100. The van der Waals surface area contributed by atoms with Gasteiger partial charge in [0.2, 0.25) is 0 Å². The number of pyridine rings is 1. The van der Waals surface area contributed by atoms with Gasteiger partial charge in [-0.25, -0.2) is 0 Å². The second-order valence-corrected chi connectivity index (χ2v) is 4.54. The van der Waals surface area contributed by atoms with Crippen LogP contribution >= 0.6 is 0 Å². The Bertz CT molecular complexity index is 806. The first-order valence-corrected chi connectivity index (χ1v) is 6.20. The number of nitrogen functional groups attached to an aromatic ring is 1. The second-order valence-electron chi connectivity index (χ2n) is 4.54. The second kappa shape index (κ2) is 4.66. The van der Waals surface area contributed by atoms with Crippen LogP contribution in [0.4, 0.5) is 5.69 Å². The SMILES string of the molecule is NC(=O)c1c(N)cccc1-c1cccc2cnccc12. The summed E-state index contributed by atoms with van der Waals surface area (Å²) >= 11 is 0. The highest BCUT2D eigenvalue weighted by Gasteiger charge is 2.14. The lowest BCUT2D eigenvalue weighted by atomic mass is 9.94. The van der Waals surface area contributed by atoms with Gasteiger partial charge in [0.1, 0.15) is 0 Å². The van der Waals surface area contributed by atoms with Crippen LogP contribution in [0.5, 0.6) is 0 Å². The molecule has 4 N–H and O–H groups in total. The number of nitrogens with two attached hydrogens (primary N) is 2. The minimum Gasteiger partial charge on any atom is -0.398 e. The molecular formula is C16H13N3O. The first-order chi connectivity index (χ1) is 9.68. The topological polar surface area (TPSA) is 82.0 Å². The zero-order valence-corrected chi connectivity index (χ0v) is 10.7. The van der Waals surface area contributed by atoms with Gasteiger partial charge in [0, 0.05) is 23.5 Å². The molecule has 4 nitrogen and oxygen atoms in total. The quantitative estimate of drug-likeness (QED) is 0.697. The molecule has 1 aromatic heterocycles. The molecule has 0 aliphatic carbocycles. The summed E-state index contributed by atoms with van der Waals surface area (Å²) < 4.78 is 0. The molecule has 0 bridgehead atoms. The zero-order chi connectivity index (χ0) is 14.1. The maximum atomic E-state index is 11.7. The first-order valence-electron chi connectivity index (χ1n) is 6.20. The minimum atomic E-state index is -0.524. The van der Waals surface area contributed by atoms with Crippen LogP contribution in [0.15, 0.2) is 54.9 Å². The molecule has 20 heavy (non-hydrogen) atoms. The fraction of sp³-hybridized carbons (Fsp3) is 0. The van der Waals surface area contributed by atoms with Gasteiger partial charge in [0.15, 0.2) is 0 Å². The smallest absolute Gasteiger partial charge is 0.251 e. The van der Waals surface area contributed by atoms with Crippen molar-refractivity contribution in [1.82, 2.24) is 4.98 Å². The van der Waals surface area contributed by atoms with E-state index in [1.807, 2.05) is 36.4 Å². The maximum absolute atomic E-state index is 11.7. The number of hydrogen-bond donors (Lipinski definition) is 2. The Morgan fingerprint density at radius 1 is 1.00 bits per heavy atom. The summed E-state index contributed by atoms with van der Waals surface area (Å²) in [6.45, 7) is 0. The predicted molar refractivity (Wildman–Crippen MR) is 80.1 cm³/mol. The van der Waals surface area contributed by atoms with Crippen LogP contribution in [0.3, 0.4) is 0 Å². The number of nitrogens with zero attached hydrogens (tertiary/aromatic N) is 1. The van der Waals surface area contributed by atoms with Gasteiger partial charge in [-0.3, -0.25) is 9.78 Å². The summed E-state index contributed by atoms with van der Waals surface area (Å²) in [5.41, 5.74) is 13.8. The van der Waals surface area contributed by atoms with Crippen LogP contribution in [-0.2, 0) is 0 Å². The highest BCUT2D eigenvalue weighted by molar-refractivity contribution is 6.08. The van der Waals surface area contributed by atoms with Gasteiger partial charge >= 0.3 is 0 Å². The molecule has 3 rings (SSSR count). The fourth-order valence-corrected chi connectivity index (χ4v) is 2.43. The lowest BCUT2D eigenvalue weighted by Gasteiger charge is -2.12. The summed E-state index contributed by atoms with van der Waals surface area (Å²) in [6.07, 6.45) is 3.51. The van der Waals surface area contributed by atoms with Crippen molar-refractivity contribution in [3.05, 3.63) is 60.4 Å². The van der Waals surface area contributed by atoms with Gasteiger partial charge in [-0.15, -0.1) is 0 Å². The van der Waals surface area contributed by atoms with Crippen LogP contribution in [0.2, 0.25) is 0 Å². The van der Waals surface area contributed by atoms with Gasteiger partial charge in [-0.2, -0.15) is 0 Å². The summed E-state index contributed by atoms with van der Waals surface area (Å²) in [6, 6.07) is 13.1. The largest absolute Gasteiger partial charge is 0.398 e. The summed E-state index contributed by atoms with van der Waals surface area (Å²) in [5.74, 6) is -0.524. The molecule has 4 heteroatoms. The fourth-order valence-electron chi connectivity index (χ4n) is 2.43. The van der Waals surface area contributed by atoms with Gasteiger partial charge in [-0.05, 0) is 28.6 Å². The van der Waals surface area contributed by atoms with E-state index in [1.54, 1.807) is 18.5 Å². The number of carbonyl (C=O) groups excluding carboxylic acids is 1. The predicted octanol–water partition coefficient (Wildman–Crippen LogP) is 2.58. The van der Waals surface area contributed by atoms with Gasteiger partial charge in [0.25, 0.3) is 5.91 Å². The van der Waals surface area contributed by atoms with Crippen molar-refractivity contribution < 1.29 is 4.79 Å². The van der Waals surface area contributed by atoms with Crippen LogP contribution in [0, 0.1) is 0 Å². The Kier molecular flexibility index (Phi) is 2.84. The molecular weight excluding hydrogens is 250 g/mol. The summed E-state index contributed by atoms with van der Waals surface area (Å²) in [4.78, 5) is 15.8. The Balaban J connectivity index is 2.37. The van der Waals surface area contributed by atoms with Crippen molar-refractivity contribution in [3.8, 4) is 11.1 Å². The number of primary amides is 1. The van der Waals surface area contributed by atoms with Crippen molar-refractivity contribution >= 4 is 22.4 Å². The third-order valence-corrected chi connectivity index (χ3v) is 3.31. The molecule has 2 aromatic carbocycles. The molecule has 0 saturated carbocycles. The Morgan fingerprint density at radius 3 is 2.55 bits per heavy atom. The van der Waals surface area contributed by atoms with Crippen molar-refractivity contribution in [2.24, 2.45) is 5.73 Å². The summed E-state index contributed by atoms with van der Waals surface area (Å²) in [5, 5.41) is 2.01. The molecule has 3 aromatic rings. The number of hydrogen-bond acceptors (Lipinski definition) is 3. The van der Waals surface area contributed by atoms with Gasteiger partial charge in [-0.1, -0.05) is 30.3 Å². The average molecular weight is 263 g/mol. The third kappa shape index (κ3) is 1.87. The van der Waals surface area contributed by atoms with E-state index in [0.29, 0.717) is 11.3 Å². The van der Waals surface area contributed by atoms with Crippen LogP contribution in [0.25, 0.3) is 21.9 Å². The van der Waals surface area contributed by atoms with E-state index in [2.05, 4.69) is 4.98 Å². The molecule has 0 radical (unpaired) electrons. The Labute approximate surface area is 116 Å². The van der Waals surface area contributed by atoms with Gasteiger partial charge < -0.3 is 11.5 Å². The molecule has 1 amide bonds. The standard InChI is InChI=1S/C16H13N3O/c17-14-6-2-5-13(15(14)16(18)20)12-4-1-3-10-9-19-8-7-11(10)12/h1-9H,17H2,(H2,18,20). The Morgan fingerprint density at radius 2 is 1.75 bits per heavy atom. The van der Waals surface area contributed by atoms with E-state index in [-0.39, 0.29) is 0 Å². The number of benzene rings is 2. The van der Waals surface area contributed by atoms with E-state index >= 15 is 0 Å². The zero-order valence-electron chi connectivity index (χ0n) is 10.7. The number of amides is 1. The number of aromatic nitrogens is 1. The van der Waals surface area contributed by atoms with E-state index in [4.69, 9.17) is 11.5 Å². The number of carbonyl (C=O) groups is 1. The number of rotatable bonds is 2. The summed E-state index contributed by atoms with van der Waals surface area (Å²) in [7, 11) is 0. The normalized spacial score (nSPS) is 10.6. The highest BCUT2D eigenvalue weighted by Crippen LogP contribution is 2.32. The Hall–Kier alpha value is -2.88. The van der Waals surface area contributed by atoms with E-state index in [0.717, 1.165) is 21.9 Å². The average Bonchev–Trinajstić information content (AvgIpc) is 2.46. The number of anilines is 1. The molecule has 0 saturated heterocycles. The van der Waals surface area contributed by atoms with Crippen molar-refractivity contribution in [1.29, 1.82) is 0 Å².